The lowest BCUT2D eigenvalue weighted by molar-refractivity contribution is 0.263. The minimum Gasteiger partial charge on any atom is -0.297 e. The first-order chi connectivity index (χ1) is 8.84. The predicted octanol–water partition coefficient (Wildman–Crippen LogP) is 3.97. The normalized spacial score (nSPS) is 18.1. The third kappa shape index (κ3) is 2.33. The molecule has 0 spiro atoms. The molecule has 0 aliphatic carbocycles. The molecule has 3 rings (SSSR count). The summed E-state index contributed by atoms with van der Waals surface area (Å²) in [6, 6.07) is 9.43. The Hall–Kier alpha value is -1.19. The molecule has 0 N–H and O–H groups in total. The molecule has 1 fully saturated rings. The Morgan fingerprint density at radius 1 is 1.17 bits per heavy atom. The van der Waals surface area contributed by atoms with E-state index in [-0.39, 0.29) is 0 Å². The second-order valence-corrected chi connectivity index (χ2v) is 5.77. The molecule has 1 aromatic carbocycles. The number of hydrogen-bond donors (Lipinski definition) is 0. The molecule has 18 heavy (non-hydrogen) atoms. The number of aromatic nitrogens is 1. The third-order valence-corrected chi connectivity index (χ3v) is 4.58. The van der Waals surface area contributed by atoms with E-state index in [1.807, 2.05) is 11.6 Å². The Kier molecular flexibility index (Phi) is 3.43. The molecule has 94 valence electrons. The summed E-state index contributed by atoms with van der Waals surface area (Å²) in [5.41, 5.74) is 2.64. The zero-order valence-corrected chi connectivity index (χ0v) is 11.5. The lowest BCUT2D eigenvalue weighted by Gasteiger charge is -2.24. The summed E-state index contributed by atoms with van der Waals surface area (Å²) in [4.78, 5) is 6.91. The van der Waals surface area contributed by atoms with E-state index in [1.54, 1.807) is 11.3 Å². The highest BCUT2D eigenvalue weighted by atomic mass is 32.1. The minimum absolute atomic E-state index is 0.540. The zero-order valence-electron chi connectivity index (χ0n) is 10.7. The maximum Gasteiger partial charge on any atom is 0.123 e. The highest BCUT2D eigenvalue weighted by molar-refractivity contribution is 7.13. The molecule has 0 amide bonds. The molecule has 1 aromatic heterocycles. The molecule has 1 saturated heterocycles. The van der Waals surface area contributed by atoms with E-state index in [4.69, 9.17) is 0 Å². The number of nitrogens with zero attached hydrogens (tertiary/aromatic N) is 2. The van der Waals surface area contributed by atoms with Gasteiger partial charge in [-0.25, -0.2) is 4.98 Å². The molecular weight excluding hydrogens is 240 g/mol. The molecular formula is C15H18N2S. The first kappa shape index (κ1) is 11.9. The van der Waals surface area contributed by atoms with E-state index in [2.05, 4.69) is 41.1 Å². The summed E-state index contributed by atoms with van der Waals surface area (Å²) in [7, 11) is 0. The molecule has 0 bridgehead atoms. The number of thiazole rings is 1. The van der Waals surface area contributed by atoms with Crippen LogP contribution in [-0.2, 0) is 0 Å². The Bertz CT molecular complexity index is 484. The fourth-order valence-electron chi connectivity index (χ4n) is 2.61. The minimum atomic E-state index is 0.540. The topological polar surface area (TPSA) is 16.1 Å². The van der Waals surface area contributed by atoms with Gasteiger partial charge in [-0.2, -0.15) is 0 Å². The summed E-state index contributed by atoms with van der Waals surface area (Å²) in [5.74, 6) is 0. The second kappa shape index (κ2) is 5.21. The molecule has 1 aliphatic rings. The summed E-state index contributed by atoms with van der Waals surface area (Å²) in [6.45, 7) is 4.80. The highest BCUT2D eigenvalue weighted by Crippen LogP contribution is 2.27. The smallest absolute Gasteiger partial charge is 0.123 e. The van der Waals surface area contributed by atoms with Crippen LogP contribution in [-0.4, -0.2) is 23.0 Å². The van der Waals surface area contributed by atoms with Crippen LogP contribution in [0.2, 0.25) is 0 Å². The van der Waals surface area contributed by atoms with Crippen molar-refractivity contribution in [2.75, 3.05) is 13.1 Å². The van der Waals surface area contributed by atoms with E-state index in [1.165, 1.54) is 37.1 Å². The van der Waals surface area contributed by atoms with Crippen LogP contribution in [0, 0.1) is 0 Å². The molecule has 0 saturated carbocycles. The largest absolute Gasteiger partial charge is 0.297 e. The summed E-state index contributed by atoms with van der Waals surface area (Å²) < 4.78 is 0. The SMILES string of the molecule is C[C@H](c1ccc(-c2nccs2)cc1)N1CCCC1. The van der Waals surface area contributed by atoms with Crippen molar-refractivity contribution >= 4 is 11.3 Å². The fourth-order valence-corrected chi connectivity index (χ4v) is 3.25. The maximum absolute atomic E-state index is 4.35. The Labute approximate surface area is 112 Å². The zero-order chi connectivity index (χ0) is 12.4. The Morgan fingerprint density at radius 2 is 1.89 bits per heavy atom. The summed E-state index contributed by atoms with van der Waals surface area (Å²) >= 11 is 1.69. The van der Waals surface area contributed by atoms with Crippen LogP contribution in [0.3, 0.4) is 0 Å². The van der Waals surface area contributed by atoms with Gasteiger partial charge in [-0.1, -0.05) is 24.3 Å². The van der Waals surface area contributed by atoms with Crippen LogP contribution in [0.25, 0.3) is 10.6 Å². The van der Waals surface area contributed by atoms with Gasteiger partial charge in [0, 0.05) is 23.2 Å². The summed E-state index contributed by atoms with van der Waals surface area (Å²) in [6.07, 6.45) is 4.56. The average Bonchev–Trinajstić information content (AvgIpc) is 3.11. The van der Waals surface area contributed by atoms with Crippen LogP contribution in [0.1, 0.15) is 31.4 Å². The van der Waals surface area contributed by atoms with Crippen LogP contribution >= 0.6 is 11.3 Å². The van der Waals surface area contributed by atoms with E-state index in [0.29, 0.717) is 6.04 Å². The van der Waals surface area contributed by atoms with E-state index in [9.17, 15) is 0 Å². The van der Waals surface area contributed by atoms with Crippen molar-refractivity contribution in [3.8, 4) is 10.6 Å². The van der Waals surface area contributed by atoms with Crippen molar-refractivity contribution in [3.05, 3.63) is 41.4 Å². The average molecular weight is 258 g/mol. The third-order valence-electron chi connectivity index (χ3n) is 3.76. The molecule has 3 heteroatoms. The molecule has 2 aromatic rings. The summed E-state index contributed by atoms with van der Waals surface area (Å²) in [5, 5.41) is 3.13. The molecule has 2 heterocycles. The van der Waals surface area contributed by atoms with Gasteiger partial charge < -0.3 is 0 Å². The highest BCUT2D eigenvalue weighted by Gasteiger charge is 2.19. The Morgan fingerprint density at radius 3 is 2.50 bits per heavy atom. The quantitative estimate of drug-likeness (QED) is 0.828. The molecule has 1 atom stereocenters. The van der Waals surface area contributed by atoms with Crippen molar-refractivity contribution < 1.29 is 0 Å². The first-order valence-corrected chi connectivity index (χ1v) is 7.46. The van der Waals surface area contributed by atoms with Gasteiger partial charge in [0.05, 0.1) is 0 Å². The van der Waals surface area contributed by atoms with E-state index in [0.717, 1.165) is 5.01 Å². The molecule has 2 nitrogen and oxygen atoms in total. The lowest BCUT2D eigenvalue weighted by atomic mass is 10.1. The van der Waals surface area contributed by atoms with Gasteiger partial charge in [0.1, 0.15) is 5.01 Å². The van der Waals surface area contributed by atoms with Gasteiger partial charge in [0.2, 0.25) is 0 Å². The molecule has 0 radical (unpaired) electrons. The first-order valence-electron chi connectivity index (χ1n) is 6.58. The number of hydrogen-bond acceptors (Lipinski definition) is 3. The monoisotopic (exact) mass is 258 g/mol. The number of rotatable bonds is 3. The standard InChI is InChI=1S/C15H18N2S/c1-12(17-9-2-3-10-17)13-4-6-14(7-5-13)15-16-8-11-18-15/h4-8,11-12H,2-3,9-10H2,1H3/t12-/m1/s1. The van der Waals surface area contributed by atoms with Gasteiger partial charge in [-0.3, -0.25) is 4.90 Å². The maximum atomic E-state index is 4.35. The van der Waals surface area contributed by atoms with E-state index < -0.39 is 0 Å². The van der Waals surface area contributed by atoms with E-state index >= 15 is 0 Å². The van der Waals surface area contributed by atoms with Gasteiger partial charge in [-0.05, 0) is 38.4 Å². The lowest BCUT2D eigenvalue weighted by Crippen LogP contribution is -2.23. The van der Waals surface area contributed by atoms with Crippen LogP contribution in [0.4, 0.5) is 0 Å². The van der Waals surface area contributed by atoms with Crippen molar-refractivity contribution in [1.29, 1.82) is 0 Å². The van der Waals surface area contributed by atoms with Crippen molar-refractivity contribution in [3.63, 3.8) is 0 Å². The molecule has 1 aliphatic heterocycles. The van der Waals surface area contributed by atoms with Gasteiger partial charge in [-0.15, -0.1) is 11.3 Å². The number of benzene rings is 1. The van der Waals surface area contributed by atoms with Crippen molar-refractivity contribution in [2.24, 2.45) is 0 Å². The van der Waals surface area contributed by atoms with Crippen molar-refractivity contribution in [2.45, 2.75) is 25.8 Å². The fraction of sp³-hybridized carbons (Fsp3) is 0.400. The second-order valence-electron chi connectivity index (χ2n) is 4.88. The van der Waals surface area contributed by atoms with Gasteiger partial charge in [0.15, 0.2) is 0 Å². The van der Waals surface area contributed by atoms with Crippen LogP contribution in [0.15, 0.2) is 35.8 Å². The van der Waals surface area contributed by atoms with Crippen LogP contribution < -0.4 is 0 Å². The predicted molar refractivity (Wildman–Crippen MR) is 76.8 cm³/mol. The Balaban J connectivity index is 1.78. The van der Waals surface area contributed by atoms with Crippen LogP contribution in [0.5, 0.6) is 0 Å². The van der Waals surface area contributed by atoms with Gasteiger partial charge in [0.25, 0.3) is 0 Å². The number of likely N-dealkylation sites (tertiary alicyclic amines) is 1. The molecule has 0 unspecified atom stereocenters. The van der Waals surface area contributed by atoms with Gasteiger partial charge >= 0.3 is 0 Å². The van der Waals surface area contributed by atoms with Crippen molar-refractivity contribution in [1.82, 2.24) is 9.88 Å².